The lowest BCUT2D eigenvalue weighted by molar-refractivity contribution is -0.148. The minimum absolute atomic E-state index is 0.00329. The second kappa shape index (κ2) is 55.1. The van der Waals surface area contributed by atoms with E-state index in [1.165, 1.54) is 34.1 Å². The Balaban J connectivity index is 1.51. The van der Waals surface area contributed by atoms with Crippen molar-refractivity contribution in [2.24, 2.45) is 90.1 Å². The summed E-state index contributed by atoms with van der Waals surface area (Å²) >= 11 is 0. The van der Waals surface area contributed by atoms with Crippen LogP contribution in [0.5, 0.6) is 5.75 Å². The molecule has 0 saturated carbocycles. The van der Waals surface area contributed by atoms with Gasteiger partial charge in [-0.2, -0.15) is 0 Å². The summed E-state index contributed by atoms with van der Waals surface area (Å²) in [5, 5.41) is 42.0. The number of carbonyl (C=O) groups is 14. The minimum Gasteiger partial charge on any atom is -0.508 e. The van der Waals surface area contributed by atoms with Crippen molar-refractivity contribution in [3.05, 3.63) is 65.9 Å². The van der Waals surface area contributed by atoms with Crippen LogP contribution in [0.15, 0.2) is 69.7 Å². The van der Waals surface area contributed by atoms with E-state index in [1.54, 1.807) is 58.2 Å². The van der Waals surface area contributed by atoms with E-state index < -0.39 is 174 Å². The van der Waals surface area contributed by atoms with Crippen molar-refractivity contribution in [2.45, 2.75) is 268 Å². The number of phenolic OH excluding ortho intramolecular Hbond substituents is 1. The molecule has 13 atom stereocenters. The molecule has 6 rings (SSSR count). The number of unbranched alkanes of at least 4 members (excludes halogenated alkanes) is 3. The molecule has 43 heteroatoms. The van der Waals surface area contributed by atoms with Crippen LogP contribution in [0.25, 0.3) is 10.9 Å². The Bertz CT molecular complexity index is 4320. The van der Waals surface area contributed by atoms with Gasteiger partial charge in [0.25, 0.3) is 0 Å². The van der Waals surface area contributed by atoms with Gasteiger partial charge < -0.3 is 141 Å². The lowest BCUT2D eigenvalue weighted by Gasteiger charge is -2.34. The van der Waals surface area contributed by atoms with Gasteiger partial charge in [0.2, 0.25) is 82.7 Å². The van der Waals surface area contributed by atoms with Crippen LogP contribution in [-0.4, -0.2) is 276 Å². The number of nitrogens with one attached hydrogen (secondary N) is 12. The lowest BCUT2D eigenvalue weighted by atomic mass is 9.99. The van der Waals surface area contributed by atoms with Gasteiger partial charge in [-0.25, -0.2) is 0 Å². The number of rotatable bonds is 35. The quantitative estimate of drug-likeness (QED) is 0.0152. The van der Waals surface area contributed by atoms with Crippen molar-refractivity contribution >= 4 is 111 Å². The zero-order valence-electron chi connectivity index (χ0n) is 76.1. The first kappa shape index (κ1) is 107. The van der Waals surface area contributed by atoms with Crippen LogP contribution in [0, 0.1) is 17.8 Å². The third-order valence-electron chi connectivity index (χ3n) is 22.8. The van der Waals surface area contributed by atoms with Gasteiger partial charge in [-0.15, -0.1) is 0 Å². The molecule has 2 aromatic carbocycles. The Labute approximate surface area is 759 Å². The molecule has 0 radical (unpaired) electrons. The number of hydrogen-bond donors (Lipinski definition) is 23. The van der Waals surface area contributed by atoms with E-state index in [9.17, 15) is 29.1 Å². The number of carbonyl (C=O) groups excluding carboxylic acids is 14. The molecule has 43 nitrogen and oxygen atoms in total. The number of H-pyrrole nitrogens is 1. The van der Waals surface area contributed by atoms with E-state index in [4.69, 9.17) is 57.3 Å². The first-order valence-electron chi connectivity index (χ1n) is 45.5. The number of hydrogen-bond acceptors (Lipinski definition) is 22. The van der Waals surface area contributed by atoms with Crippen molar-refractivity contribution in [1.82, 2.24) is 78.2 Å². The van der Waals surface area contributed by atoms with Crippen molar-refractivity contribution < 1.29 is 72.2 Å². The molecule has 722 valence electrons. The second-order valence-corrected chi connectivity index (χ2v) is 34.7. The Hall–Kier alpha value is -12.0. The fraction of sp³-hybridized carbons (Fsp3) is 0.644. The minimum atomic E-state index is -1.58. The van der Waals surface area contributed by atoms with E-state index in [2.05, 4.69) is 78.4 Å². The molecular formula is C87H144N28O15. The van der Waals surface area contributed by atoms with E-state index in [0.29, 0.717) is 54.1 Å². The van der Waals surface area contributed by atoms with Crippen LogP contribution < -0.4 is 116 Å². The van der Waals surface area contributed by atoms with Gasteiger partial charge in [0, 0.05) is 75.8 Å². The predicted molar refractivity (Wildman–Crippen MR) is 492 cm³/mol. The number of nitrogens with zero attached hydrogens (tertiary/aromatic N) is 6. The summed E-state index contributed by atoms with van der Waals surface area (Å²) in [6.07, 6.45) is 3.72. The Kier molecular flexibility index (Phi) is 45.3. The van der Waals surface area contributed by atoms with E-state index in [0.717, 1.165) is 4.90 Å². The van der Waals surface area contributed by atoms with Gasteiger partial charge in [-0.3, -0.25) is 82.1 Å². The van der Waals surface area contributed by atoms with Crippen molar-refractivity contribution in [2.75, 3.05) is 72.0 Å². The number of benzene rings is 2. The molecule has 0 unspecified atom stereocenters. The molecule has 14 amide bonds. The van der Waals surface area contributed by atoms with Crippen molar-refractivity contribution in [1.29, 1.82) is 0 Å². The number of guanidine groups is 3. The maximum absolute atomic E-state index is 15.5. The Morgan fingerprint density at radius 2 is 0.777 bits per heavy atom. The summed E-state index contributed by atoms with van der Waals surface area (Å²) in [5.74, 6) is -13.5. The summed E-state index contributed by atoms with van der Waals surface area (Å²) in [5.41, 5.74) is 60.0. The monoisotopic (exact) mass is 1820 g/mol. The van der Waals surface area contributed by atoms with Crippen LogP contribution >= 0.6 is 0 Å². The number of amides is 14. The zero-order chi connectivity index (χ0) is 95.7. The highest BCUT2D eigenvalue weighted by Gasteiger charge is 2.46. The molecule has 0 bridgehead atoms. The third kappa shape index (κ3) is 35.1. The fourth-order valence-corrected chi connectivity index (χ4v) is 16.0. The molecule has 3 aliphatic heterocycles. The molecular weight excluding hydrogens is 1680 g/mol. The molecule has 3 saturated heterocycles. The maximum Gasteiger partial charge on any atom is 0.246 e. The highest BCUT2D eigenvalue weighted by molar-refractivity contribution is 6.01. The van der Waals surface area contributed by atoms with Crippen LogP contribution in [0.4, 0.5) is 0 Å². The molecule has 1 aromatic heterocycles. The summed E-state index contributed by atoms with van der Waals surface area (Å²) in [7, 11) is 0. The van der Waals surface area contributed by atoms with E-state index in [1.807, 2.05) is 13.8 Å². The average molecular weight is 1820 g/mol. The normalized spacial score (nSPS) is 23.7. The standard InChI is InChI=1S/C87H144N28O15/c1-50(2)44-64-77(123)103-59(22-9-12-34-88)73(119)107-63(24-11-14-36-90)82(128)113(43-37-91)49-70(117)102-58(25-15-38-98-85(92)93)72(118)110-67(47-54-48-101-57-21-8-7-20-56(54)57)80(126)104-60(23-10-13-35-89)74(120)109-66(46-53-30-32-55(116)33-31-53)79(125)106-62(27-17-40-100-87(96)97)76(122)112-71(52(5)6)84(130)115-42-19-29-69(115)83(129)114-41-18-28-68(114)81(127)111-65(45-51(3)4)78(124)105-61(75(121)108-64)26-16-39-99-86(94)95/h7-8,20-21,30-33,48,50-52,58-69,71,101,116H,9-19,22-29,34-47,49,88-91H2,1-6H3,(H,102,117)(H,103,123)(H,104,126)(H,105,124)(H,106,125)(H,107,119)(H,108,121)(H,109,120)(H,110,118)(H,111,127)(H,112,122)(H4,92,93,98)(H4,94,95,99)(H4,96,97,100)/t58-,59-,60-,61-,62-,63-,64-,65-,66-,67-,68-,69+,71-/m0/s1. The number of aromatic amines is 1. The van der Waals surface area contributed by atoms with Gasteiger partial charge in [0.05, 0.1) is 6.54 Å². The number of aromatic nitrogens is 1. The van der Waals surface area contributed by atoms with E-state index >= 15 is 43.2 Å². The molecule has 4 heterocycles. The van der Waals surface area contributed by atoms with Gasteiger partial charge in [-0.1, -0.05) is 71.9 Å². The summed E-state index contributed by atoms with van der Waals surface area (Å²) < 4.78 is 0. The number of para-hydroxylation sites is 1. The number of phenols is 1. The number of aromatic hydroxyl groups is 1. The summed E-state index contributed by atoms with van der Waals surface area (Å²) in [4.78, 5) is 231. The average Bonchev–Trinajstić information content (AvgIpc) is 1.64. The molecule has 3 fully saturated rings. The second-order valence-electron chi connectivity index (χ2n) is 34.7. The largest absolute Gasteiger partial charge is 0.508 e. The summed E-state index contributed by atoms with van der Waals surface area (Å²) in [6, 6.07) is -5.28. The lowest BCUT2D eigenvalue weighted by Crippen LogP contribution is -2.61. The first-order valence-corrected chi connectivity index (χ1v) is 45.5. The number of aliphatic imine (C=N–C) groups is 3. The highest BCUT2D eigenvalue weighted by Crippen LogP contribution is 2.28. The van der Waals surface area contributed by atoms with Gasteiger partial charge in [-0.05, 0) is 202 Å². The van der Waals surface area contributed by atoms with Crippen molar-refractivity contribution in [3.8, 4) is 5.75 Å². The Morgan fingerprint density at radius 3 is 1.22 bits per heavy atom. The summed E-state index contributed by atoms with van der Waals surface area (Å²) in [6.45, 7) is 9.96. The van der Waals surface area contributed by atoms with Crippen LogP contribution in [0.1, 0.15) is 188 Å². The van der Waals surface area contributed by atoms with Crippen LogP contribution in [0.2, 0.25) is 0 Å². The first-order chi connectivity index (χ1) is 62.0. The maximum atomic E-state index is 15.5. The molecule has 3 aliphatic rings. The smallest absolute Gasteiger partial charge is 0.246 e. The molecule has 130 heavy (non-hydrogen) atoms. The van der Waals surface area contributed by atoms with Crippen LogP contribution in [0.3, 0.4) is 0 Å². The topological polar surface area (TPSA) is 714 Å². The molecule has 33 N–H and O–H groups in total. The van der Waals surface area contributed by atoms with Gasteiger partial charge >= 0.3 is 0 Å². The number of fused-ring (bicyclic) bond motifs is 3. The number of nitrogens with two attached hydrogens (primary N) is 10. The van der Waals surface area contributed by atoms with Crippen LogP contribution in [-0.2, 0) is 80.0 Å². The van der Waals surface area contributed by atoms with Crippen molar-refractivity contribution in [3.63, 3.8) is 0 Å². The molecule has 0 spiro atoms. The third-order valence-corrected chi connectivity index (χ3v) is 22.8. The predicted octanol–water partition coefficient (Wildman–Crippen LogP) is -3.93. The fourth-order valence-electron chi connectivity index (χ4n) is 16.0. The Morgan fingerprint density at radius 1 is 0.400 bits per heavy atom. The molecule has 3 aromatic rings. The molecule has 0 aliphatic carbocycles. The van der Waals surface area contributed by atoms with Gasteiger partial charge in [0.1, 0.15) is 84.3 Å². The SMILES string of the molecule is CC(C)C[C@@H]1NC(=O)[C@H](CCCN=C(N)N)NC(=O)[C@H](CC(C)C)NC(=O)[C@@H]2CCCN2C(=O)[C@H]2CCCN2C(=O)[C@H](C(C)C)NC(=O)[C@H](CCCN=C(N)N)NC(=O)[C@H](Cc2ccc(O)cc2)NC(=O)[C@H](CCCCN)NC(=O)[C@H](Cc2c[nH]c3ccccc23)NC(=O)[C@H](CCCN=C(N)N)NC(=O)CN(CCN)C(=O)[C@H](CCCCN)NC(=O)[C@H](CCCCN)NC1=O. The van der Waals surface area contributed by atoms with E-state index in [-0.39, 0.29) is 216 Å². The van der Waals surface area contributed by atoms with Gasteiger partial charge in [0.15, 0.2) is 17.9 Å². The highest BCUT2D eigenvalue weighted by atomic mass is 16.3. The zero-order valence-corrected chi connectivity index (χ0v) is 76.1.